The van der Waals surface area contributed by atoms with E-state index in [4.69, 9.17) is 14.2 Å². The molecule has 1 fully saturated rings. The summed E-state index contributed by atoms with van der Waals surface area (Å²) in [5, 5.41) is 57.3. The maximum Gasteiger partial charge on any atom is 0.306 e. The lowest BCUT2D eigenvalue weighted by molar-refractivity contribution is -0.305. The molecule has 0 spiro atoms. The van der Waals surface area contributed by atoms with Crippen molar-refractivity contribution in [3.63, 3.8) is 0 Å². The van der Waals surface area contributed by atoms with Gasteiger partial charge in [-0.15, -0.1) is 0 Å². The highest BCUT2D eigenvalue weighted by Gasteiger charge is 2.47. The fraction of sp³-hybridized carbons (Fsp3) is 0.865. The predicted molar refractivity (Wildman–Crippen MR) is 357 cm³/mol. The van der Waals surface area contributed by atoms with E-state index in [0.29, 0.717) is 19.3 Å². The molecule has 8 unspecified atom stereocenters. The monoisotopic (exact) mass is 1200 g/mol. The fourth-order valence-corrected chi connectivity index (χ4v) is 11.5. The topological polar surface area (TPSA) is 175 Å². The molecule has 0 aromatic heterocycles. The zero-order chi connectivity index (χ0) is 61.7. The molecule has 1 amide bonds. The van der Waals surface area contributed by atoms with E-state index in [1.165, 1.54) is 225 Å². The van der Waals surface area contributed by atoms with E-state index in [0.717, 1.165) is 77.0 Å². The molecule has 11 nitrogen and oxygen atoms in total. The summed E-state index contributed by atoms with van der Waals surface area (Å²) in [6, 6.07) is -1.02. The summed E-state index contributed by atoms with van der Waals surface area (Å²) in [5.74, 6) is -1.18. The van der Waals surface area contributed by atoms with Gasteiger partial charge in [-0.25, -0.2) is 0 Å². The van der Waals surface area contributed by atoms with E-state index in [1.807, 2.05) is 6.08 Å². The van der Waals surface area contributed by atoms with Crippen LogP contribution in [0.15, 0.2) is 48.6 Å². The molecule has 0 aromatic rings. The summed E-state index contributed by atoms with van der Waals surface area (Å²) in [4.78, 5) is 26.7. The molecule has 498 valence electrons. The maximum atomic E-state index is 13.5. The van der Waals surface area contributed by atoms with Gasteiger partial charge in [0.25, 0.3) is 0 Å². The number of carbonyl (C=O) groups excluding carboxylic acids is 2. The summed E-state index contributed by atoms with van der Waals surface area (Å²) in [7, 11) is 0. The third-order valence-electron chi connectivity index (χ3n) is 17.2. The van der Waals surface area contributed by atoms with Crippen LogP contribution in [0, 0.1) is 0 Å². The van der Waals surface area contributed by atoms with Crippen LogP contribution in [0.1, 0.15) is 348 Å². The van der Waals surface area contributed by atoms with Gasteiger partial charge in [0, 0.05) is 6.42 Å². The fourth-order valence-electron chi connectivity index (χ4n) is 11.5. The molecule has 1 heterocycles. The molecule has 85 heavy (non-hydrogen) atoms. The number of hydrogen-bond donors (Lipinski definition) is 6. The highest BCUT2D eigenvalue weighted by Crippen LogP contribution is 2.26. The zero-order valence-corrected chi connectivity index (χ0v) is 55.5. The van der Waals surface area contributed by atoms with Gasteiger partial charge < -0.3 is 45.1 Å². The molecular formula is C74H137NO10. The summed E-state index contributed by atoms with van der Waals surface area (Å²) in [6.07, 6.45) is 67.2. The Morgan fingerprint density at radius 2 is 0.812 bits per heavy atom. The number of aliphatic hydroxyl groups excluding tert-OH is 5. The maximum absolute atomic E-state index is 13.5. The van der Waals surface area contributed by atoms with Crippen LogP contribution in [0.4, 0.5) is 0 Å². The van der Waals surface area contributed by atoms with Gasteiger partial charge in [-0.1, -0.05) is 326 Å². The van der Waals surface area contributed by atoms with Gasteiger partial charge in [-0.05, 0) is 64.2 Å². The Hall–Kier alpha value is -2.38. The van der Waals surface area contributed by atoms with Crippen molar-refractivity contribution in [1.29, 1.82) is 0 Å². The van der Waals surface area contributed by atoms with E-state index in [-0.39, 0.29) is 13.0 Å². The second-order valence-electron chi connectivity index (χ2n) is 25.3. The van der Waals surface area contributed by atoms with Gasteiger partial charge in [-0.2, -0.15) is 0 Å². The number of aliphatic hydroxyl groups is 5. The summed E-state index contributed by atoms with van der Waals surface area (Å²) < 4.78 is 17.7. The summed E-state index contributed by atoms with van der Waals surface area (Å²) >= 11 is 0. The third-order valence-corrected chi connectivity index (χ3v) is 17.2. The quantitative estimate of drug-likeness (QED) is 0.0195. The Labute approximate surface area is 523 Å². The van der Waals surface area contributed by atoms with Crippen LogP contribution < -0.4 is 5.32 Å². The minimum Gasteiger partial charge on any atom is -0.454 e. The van der Waals surface area contributed by atoms with Crippen LogP contribution in [-0.4, -0.2) is 99.6 Å². The van der Waals surface area contributed by atoms with E-state index >= 15 is 0 Å². The van der Waals surface area contributed by atoms with Gasteiger partial charge in [0.05, 0.1) is 25.4 Å². The lowest BCUT2D eigenvalue weighted by atomic mass is 9.99. The van der Waals surface area contributed by atoms with E-state index < -0.39 is 67.4 Å². The summed E-state index contributed by atoms with van der Waals surface area (Å²) in [5.41, 5.74) is 0. The van der Waals surface area contributed by atoms with Crippen molar-refractivity contribution < 1.29 is 49.3 Å². The molecule has 1 saturated heterocycles. The summed E-state index contributed by atoms with van der Waals surface area (Å²) in [6.45, 7) is 5.82. The SMILES string of the molecule is CCCCC/C=C\C/C=C\C/C=C\CCCCCCCCCCCCC(=O)OC1C(OCC(NC(=O)C(O)CCCCCCCCCCCCCCCCCCCCCC)C(O)/C=C/CCCCCCCCCCCCC)OC(CO)C(O)C1O. The minimum absolute atomic E-state index is 0.121. The number of unbranched alkanes of at least 4 members (excludes halogenated alkanes) is 43. The molecule has 1 rings (SSSR count). The number of esters is 1. The Bertz CT molecular complexity index is 1570. The van der Waals surface area contributed by atoms with Crippen molar-refractivity contribution >= 4 is 11.9 Å². The first-order valence-electron chi connectivity index (χ1n) is 36.4. The molecule has 1 aliphatic rings. The number of amides is 1. The Morgan fingerprint density at radius 3 is 1.24 bits per heavy atom. The van der Waals surface area contributed by atoms with Gasteiger partial charge in [0.2, 0.25) is 5.91 Å². The van der Waals surface area contributed by atoms with Crippen molar-refractivity contribution in [3.8, 4) is 0 Å². The number of nitrogens with one attached hydrogen (secondary N) is 1. The molecular weight excluding hydrogens is 1060 g/mol. The van der Waals surface area contributed by atoms with Crippen molar-refractivity contribution in [2.24, 2.45) is 0 Å². The lowest BCUT2D eigenvalue weighted by Crippen LogP contribution is -2.61. The second-order valence-corrected chi connectivity index (χ2v) is 25.3. The molecule has 0 bridgehead atoms. The number of rotatable bonds is 63. The second kappa shape index (κ2) is 61.8. The smallest absolute Gasteiger partial charge is 0.306 e. The van der Waals surface area contributed by atoms with Gasteiger partial charge in [0.15, 0.2) is 12.4 Å². The first-order chi connectivity index (χ1) is 41.7. The number of allylic oxidation sites excluding steroid dienone is 7. The normalized spacial score (nSPS) is 18.6. The van der Waals surface area contributed by atoms with Crippen molar-refractivity contribution in [2.45, 2.75) is 397 Å². The molecule has 0 saturated carbocycles. The van der Waals surface area contributed by atoms with Crippen molar-refractivity contribution in [1.82, 2.24) is 5.32 Å². The van der Waals surface area contributed by atoms with Crippen LogP contribution in [-0.2, 0) is 23.8 Å². The first-order valence-corrected chi connectivity index (χ1v) is 36.4. The van der Waals surface area contributed by atoms with Crippen LogP contribution in [0.3, 0.4) is 0 Å². The van der Waals surface area contributed by atoms with Crippen LogP contribution in [0.2, 0.25) is 0 Å². The highest BCUT2D eigenvalue weighted by molar-refractivity contribution is 5.80. The van der Waals surface area contributed by atoms with Crippen LogP contribution in [0.5, 0.6) is 0 Å². The predicted octanol–water partition coefficient (Wildman–Crippen LogP) is 18.7. The van der Waals surface area contributed by atoms with E-state index in [1.54, 1.807) is 6.08 Å². The van der Waals surface area contributed by atoms with Crippen molar-refractivity contribution in [2.75, 3.05) is 13.2 Å². The highest BCUT2D eigenvalue weighted by atomic mass is 16.7. The Morgan fingerprint density at radius 1 is 0.459 bits per heavy atom. The largest absolute Gasteiger partial charge is 0.454 e. The number of carbonyl (C=O) groups is 2. The van der Waals surface area contributed by atoms with Gasteiger partial charge in [0.1, 0.15) is 24.4 Å². The molecule has 1 aliphatic heterocycles. The number of ether oxygens (including phenoxy) is 3. The molecule has 11 heteroatoms. The first kappa shape index (κ1) is 80.6. The van der Waals surface area contributed by atoms with Gasteiger partial charge >= 0.3 is 5.97 Å². The Balaban J connectivity index is 2.58. The lowest BCUT2D eigenvalue weighted by Gasteiger charge is -2.41. The Kier molecular flexibility index (Phi) is 58.7. The van der Waals surface area contributed by atoms with E-state index in [9.17, 15) is 35.1 Å². The average molecular weight is 1200 g/mol. The average Bonchev–Trinajstić information content (AvgIpc) is 2.49. The van der Waals surface area contributed by atoms with Crippen LogP contribution >= 0.6 is 0 Å². The van der Waals surface area contributed by atoms with Crippen LogP contribution in [0.25, 0.3) is 0 Å². The zero-order valence-electron chi connectivity index (χ0n) is 55.5. The molecule has 0 radical (unpaired) electrons. The molecule has 0 aromatic carbocycles. The standard InChI is InChI=1S/C74H137NO10/c1-4-7-10-13-16-19-22-25-27-29-31-33-34-35-37-39-41-44-47-50-53-56-59-62-69(79)85-72-71(81)70(80)68(63-76)84-74(72)83-64-65(66(77)60-57-54-51-48-45-42-24-21-18-15-12-9-6-3)75-73(82)67(78)61-58-55-52-49-46-43-40-38-36-32-30-28-26-23-20-17-14-11-8-5-2/h16,19,25,27,31,33,57,60,65-68,70-72,74,76-78,80-81H,4-15,17-18,20-24,26,28-30,32,34-56,58-59,61-64H2,1-3H3,(H,75,82)/b19-16-,27-25-,33-31-,60-57+. The number of hydrogen-bond acceptors (Lipinski definition) is 10. The van der Waals surface area contributed by atoms with Gasteiger partial charge in [-0.3, -0.25) is 9.59 Å². The molecule has 8 atom stereocenters. The third kappa shape index (κ3) is 49.1. The molecule has 0 aliphatic carbocycles. The van der Waals surface area contributed by atoms with E-state index in [2.05, 4.69) is 62.5 Å². The molecule has 6 N–H and O–H groups in total. The van der Waals surface area contributed by atoms with Crippen molar-refractivity contribution in [3.05, 3.63) is 48.6 Å². The minimum atomic E-state index is -1.62.